The summed E-state index contributed by atoms with van der Waals surface area (Å²) in [6.07, 6.45) is 1.42. The fraction of sp³-hybridized carbons (Fsp3) is 0.643. The molecule has 0 amide bonds. The zero-order valence-electron chi connectivity index (χ0n) is 11.7. The van der Waals surface area contributed by atoms with Crippen LogP contribution in [0.1, 0.15) is 18.5 Å². The molecule has 0 bridgehead atoms. The number of hydrogen-bond acceptors (Lipinski definition) is 5. The molecule has 2 heterocycles. The van der Waals surface area contributed by atoms with E-state index in [-0.39, 0.29) is 0 Å². The van der Waals surface area contributed by atoms with Gasteiger partial charge in [0, 0.05) is 46.2 Å². The maximum absolute atomic E-state index is 10.5. The van der Waals surface area contributed by atoms with Crippen LogP contribution in [0.3, 0.4) is 0 Å². The Balaban J connectivity index is 1.91. The summed E-state index contributed by atoms with van der Waals surface area (Å²) in [5.74, 6) is 0.871. The van der Waals surface area contributed by atoms with Crippen molar-refractivity contribution in [1.29, 1.82) is 0 Å². The Hall–Kier alpha value is -1.17. The number of likely N-dealkylation sites (N-methyl/N-ethyl adjacent to an activating group) is 1. The van der Waals surface area contributed by atoms with E-state index in [0.29, 0.717) is 32.6 Å². The molecule has 0 radical (unpaired) electrons. The molecule has 0 spiro atoms. The summed E-state index contributed by atoms with van der Waals surface area (Å²) in [5.41, 5.74) is 0.387. The third-order valence-corrected chi connectivity index (χ3v) is 3.48. The molecule has 1 saturated heterocycles. The minimum atomic E-state index is -0.617. The van der Waals surface area contributed by atoms with Gasteiger partial charge in [0.2, 0.25) is 0 Å². The number of nitrogens with one attached hydrogen (secondary N) is 1. The van der Waals surface area contributed by atoms with Crippen molar-refractivity contribution in [2.75, 3.05) is 39.2 Å². The molecule has 19 heavy (non-hydrogen) atoms. The summed E-state index contributed by atoms with van der Waals surface area (Å²) >= 11 is 0. The summed E-state index contributed by atoms with van der Waals surface area (Å²) in [4.78, 5) is 6.61. The summed E-state index contributed by atoms with van der Waals surface area (Å²) in [5, 5.41) is 13.5. The van der Waals surface area contributed by atoms with Crippen molar-refractivity contribution in [2.45, 2.75) is 25.0 Å². The van der Waals surface area contributed by atoms with Crippen molar-refractivity contribution in [1.82, 2.24) is 9.88 Å². The smallest absolute Gasteiger partial charge is 0.126 e. The normalized spacial score (nSPS) is 18.5. The van der Waals surface area contributed by atoms with E-state index in [0.717, 1.165) is 18.1 Å². The van der Waals surface area contributed by atoms with Crippen LogP contribution in [0, 0.1) is 0 Å². The Morgan fingerprint density at radius 3 is 2.84 bits per heavy atom. The number of pyridine rings is 1. The van der Waals surface area contributed by atoms with Crippen molar-refractivity contribution in [3.8, 4) is 0 Å². The molecular weight excluding hydrogens is 242 g/mol. The highest BCUT2D eigenvalue weighted by Gasteiger charge is 2.30. The van der Waals surface area contributed by atoms with Gasteiger partial charge in [0.1, 0.15) is 5.82 Å². The van der Waals surface area contributed by atoms with E-state index in [1.165, 1.54) is 0 Å². The van der Waals surface area contributed by atoms with Gasteiger partial charge < -0.3 is 15.2 Å². The standard InChI is InChI=1S/C14H23N3O2/c1-15-13-5-3-4-12(16-13)10-17(2)11-14(18)6-8-19-9-7-14/h3-5,18H,6-11H2,1-2H3,(H,15,16). The summed E-state index contributed by atoms with van der Waals surface area (Å²) in [6, 6.07) is 5.94. The van der Waals surface area contributed by atoms with Crippen molar-refractivity contribution < 1.29 is 9.84 Å². The molecule has 5 nitrogen and oxygen atoms in total. The van der Waals surface area contributed by atoms with Gasteiger partial charge in [-0.15, -0.1) is 0 Å². The molecule has 5 heteroatoms. The maximum Gasteiger partial charge on any atom is 0.126 e. The molecule has 0 atom stereocenters. The second-order valence-corrected chi connectivity index (χ2v) is 5.27. The van der Waals surface area contributed by atoms with Crippen LogP contribution < -0.4 is 5.32 Å². The Morgan fingerprint density at radius 1 is 1.42 bits per heavy atom. The van der Waals surface area contributed by atoms with Crippen molar-refractivity contribution in [3.05, 3.63) is 23.9 Å². The molecule has 1 fully saturated rings. The highest BCUT2D eigenvalue weighted by Crippen LogP contribution is 2.21. The Morgan fingerprint density at radius 2 is 2.16 bits per heavy atom. The second-order valence-electron chi connectivity index (χ2n) is 5.27. The van der Waals surface area contributed by atoms with Gasteiger partial charge in [0.05, 0.1) is 11.3 Å². The topological polar surface area (TPSA) is 57.6 Å². The average molecular weight is 265 g/mol. The van der Waals surface area contributed by atoms with E-state index >= 15 is 0 Å². The number of aliphatic hydroxyl groups is 1. The molecule has 1 aromatic rings. The molecule has 2 rings (SSSR count). The van der Waals surface area contributed by atoms with Crippen LogP contribution in [0.15, 0.2) is 18.2 Å². The quantitative estimate of drug-likeness (QED) is 0.835. The van der Waals surface area contributed by atoms with Gasteiger partial charge in [-0.3, -0.25) is 4.90 Å². The van der Waals surface area contributed by atoms with Crippen LogP contribution in [0.25, 0.3) is 0 Å². The number of aromatic nitrogens is 1. The molecule has 0 aromatic carbocycles. The van der Waals surface area contributed by atoms with Crippen molar-refractivity contribution in [3.63, 3.8) is 0 Å². The predicted octanol–water partition coefficient (Wildman–Crippen LogP) is 1.10. The summed E-state index contributed by atoms with van der Waals surface area (Å²) < 4.78 is 5.30. The molecular formula is C14H23N3O2. The molecule has 0 aliphatic carbocycles. The lowest BCUT2D eigenvalue weighted by Crippen LogP contribution is -2.45. The zero-order valence-corrected chi connectivity index (χ0v) is 11.7. The van der Waals surface area contributed by atoms with E-state index in [2.05, 4.69) is 15.2 Å². The molecule has 1 aliphatic rings. The largest absolute Gasteiger partial charge is 0.388 e. The van der Waals surface area contributed by atoms with Crippen LogP contribution in [0.5, 0.6) is 0 Å². The van der Waals surface area contributed by atoms with Crippen LogP contribution in [-0.4, -0.2) is 54.4 Å². The van der Waals surface area contributed by atoms with Gasteiger partial charge in [0.25, 0.3) is 0 Å². The van der Waals surface area contributed by atoms with Crippen LogP contribution in [0.2, 0.25) is 0 Å². The Kier molecular flexibility index (Phi) is 4.74. The first-order valence-electron chi connectivity index (χ1n) is 6.74. The van der Waals surface area contributed by atoms with E-state index in [1.807, 2.05) is 32.3 Å². The Bertz CT molecular complexity index is 405. The molecule has 106 valence electrons. The number of rotatable bonds is 5. The van der Waals surface area contributed by atoms with Gasteiger partial charge in [-0.1, -0.05) is 6.07 Å². The van der Waals surface area contributed by atoms with E-state index in [1.54, 1.807) is 0 Å². The minimum absolute atomic E-state index is 0.617. The first-order chi connectivity index (χ1) is 9.11. The van der Waals surface area contributed by atoms with Crippen LogP contribution >= 0.6 is 0 Å². The molecule has 0 unspecified atom stereocenters. The fourth-order valence-electron chi connectivity index (χ4n) is 2.45. The summed E-state index contributed by atoms with van der Waals surface area (Å²) in [7, 11) is 3.88. The van der Waals surface area contributed by atoms with E-state index in [4.69, 9.17) is 4.74 Å². The first-order valence-corrected chi connectivity index (χ1v) is 6.74. The monoisotopic (exact) mass is 265 g/mol. The fourth-order valence-corrected chi connectivity index (χ4v) is 2.45. The number of ether oxygens (including phenoxy) is 1. The summed E-state index contributed by atoms with van der Waals surface area (Å²) in [6.45, 7) is 2.69. The Labute approximate surface area is 114 Å². The third kappa shape index (κ3) is 4.16. The molecule has 2 N–H and O–H groups in total. The molecule has 1 aliphatic heterocycles. The van der Waals surface area contributed by atoms with Gasteiger partial charge in [-0.05, 0) is 19.2 Å². The van der Waals surface area contributed by atoms with Crippen molar-refractivity contribution in [2.24, 2.45) is 0 Å². The van der Waals surface area contributed by atoms with E-state index in [9.17, 15) is 5.11 Å². The van der Waals surface area contributed by atoms with E-state index < -0.39 is 5.60 Å². The molecule has 0 saturated carbocycles. The lowest BCUT2D eigenvalue weighted by Gasteiger charge is -2.35. The maximum atomic E-state index is 10.5. The zero-order chi connectivity index (χ0) is 13.7. The highest BCUT2D eigenvalue weighted by atomic mass is 16.5. The van der Waals surface area contributed by atoms with Gasteiger partial charge >= 0.3 is 0 Å². The van der Waals surface area contributed by atoms with Gasteiger partial charge in [0.15, 0.2) is 0 Å². The lowest BCUT2D eigenvalue weighted by molar-refractivity contribution is -0.0778. The average Bonchev–Trinajstić information content (AvgIpc) is 2.39. The number of hydrogen-bond donors (Lipinski definition) is 2. The minimum Gasteiger partial charge on any atom is -0.388 e. The highest BCUT2D eigenvalue weighted by molar-refractivity contribution is 5.34. The number of anilines is 1. The predicted molar refractivity (Wildman–Crippen MR) is 75.1 cm³/mol. The number of nitrogens with zero attached hydrogens (tertiary/aromatic N) is 2. The second kappa shape index (κ2) is 6.32. The van der Waals surface area contributed by atoms with Crippen molar-refractivity contribution >= 4 is 5.82 Å². The SMILES string of the molecule is CNc1cccc(CN(C)CC2(O)CCOCC2)n1. The first kappa shape index (κ1) is 14.2. The molecule has 1 aromatic heterocycles. The van der Waals surface area contributed by atoms with Gasteiger partial charge in [-0.2, -0.15) is 0 Å². The third-order valence-electron chi connectivity index (χ3n) is 3.48. The lowest BCUT2D eigenvalue weighted by atomic mass is 9.94. The van der Waals surface area contributed by atoms with Crippen LogP contribution in [0.4, 0.5) is 5.82 Å². The van der Waals surface area contributed by atoms with Crippen LogP contribution in [-0.2, 0) is 11.3 Å². The van der Waals surface area contributed by atoms with Gasteiger partial charge in [-0.25, -0.2) is 4.98 Å².